The Morgan fingerprint density at radius 2 is 1.93 bits per heavy atom. The summed E-state index contributed by atoms with van der Waals surface area (Å²) in [5, 5.41) is 5.42. The van der Waals surface area contributed by atoms with E-state index in [1.54, 1.807) is 19.1 Å². The van der Waals surface area contributed by atoms with Crippen molar-refractivity contribution in [3.05, 3.63) is 35.5 Å². The Kier molecular flexibility index (Phi) is 6.14. The standard InChI is InChI=1S/C19H23N3O4S2/c1-3-28(25,26)16-11-20-19(27-16)22-18(24)21-15-9-8-12(2)10-14(15)17(23)13-6-4-5-7-13/h8-11,13H,3-7H2,1-2H3,(H2,20,21,22,24). The van der Waals surface area contributed by atoms with E-state index < -0.39 is 15.9 Å². The maximum Gasteiger partial charge on any atom is 0.325 e. The smallest absolute Gasteiger partial charge is 0.307 e. The fraction of sp³-hybridized carbons (Fsp3) is 0.421. The van der Waals surface area contributed by atoms with Crippen molar-refractivity contribution in [1.82, 2.24) is 4.98 Å². The molecule has 0 atom stereocenters. The van der Waals surface area contributed by atoms with Crippen LogP contribution < -0.4 is 10.6 Å². The highest BCUT2D eigenvalue weighted by molar-refractivity contribution is 7.93. The van der Waals surface area contributed by atoms with Gasteiger partial charge in [-0.15, -0.1) is 0 Å². The van der Waals surface area contributed by atoms with Gasteiger partial charge in [-0.25, -0.2) is 18.2 Å². The average molecular weight is 422 g/mol. The number of nitrogens with zero attached hydrogens (tertiary/aromatic N) is 1. The highest BCUT2D eigenvalue weighted by Gasteiger charge is 2.26. The molecule has 0 saturated heterocycles. The molecule has 1 aliphatic rings. The molecule has 3 rings (SSSR count). The zero-order valence-electron chi connectivity index (χ0n) is 15.8. The lowest BCUT2D eigenvalue weighted by Gasteiger charge is -2.14. The van der Waals surface area contributed by atoms with E-state index in [0.29, 0.717) is 11.3 Å². The fourth-order valence-electron chi connectivity index (χ4n) is 3.23. The van der Waals surface area contributed by atoms with Gasteiger partial charge in [0.2, 0.25) is 0 Å². The summed E-state index contributed by atoms with van der Waals surface area (Å²) in [6.45, 7) is 3.45. The number of rotatable bonds is 6. The van der Waals surface area contributed by atoms with E-state index in [1.807, 2.05) is 13.0 Å². The maximum atomic E-state index is 12.9. The summed E-state index contributed by atoms with van der Waals surface area (Å²) in [5.74, 6) is 0.0323. The summed E-state index contributed by atoms with van der Waals surface area (Å²) < 4.78 is 23.9. The minimum absolute atomic E-state index is 0.00572. The molecule has 1 aliphatic carbocycles. The van der Waals surface area contributed by atoms with Crippen LogP contribution in [-0.2, 0) is 9.84 Å². The summed E-state index contributed by atoms with van der Waals surface area (Å²) in [4.78, 5) is 29.2. The molecule has 0 bridgehead atoms. The van der Waals surface area contributed by atoms with Gasteiger partial charge in [-0.05, 0) is 31.9 Å². The number of urea groups is 1. The molecule has 9 heteroatoms. The van der Waals surface area contributed by atoms with E-state index >= 15 is 0 Å². The van der Waals surface area contributed by atoms with Crippen molar-refractivity contribution >= 4 is 43.8 Å². The van der Waals surface area contributed by atoms with Crippen LogP contribution >= 0.6 is 11.3 Å². The number of sulfone groups is 1. The van der Waals surface area contributed by atoms with Gasteiger partial charge in [0.15, 0.2) is 20.8 Å². The summed E-state index contributed by atoms with van der Waals surface area (Å²) in [6.07, 6.45) is 5.11. The van der Waals surface area contributed by atoms with Crippen molar-refractivity contribution in [1.29, 1.82) is 0 Å². The van der Waals surface area contributed by atoms with Crippen LogP contribution in [0.15, 0.2) is 28.6 Å². The Balaban J connectivity index is 1.74. The topological polar surface area (TPSA) is 105 Å². The molecule has 2 aromatic rings. The van der Waals surface area contributed by atoms with Crippen molar-refractivity contribution in [2.24, 2.45) is 5.92 Å². The van der Waals surface area contributed by atoms with E-state index in [4.69, 9.17) is 0 Å². The lowest BCUT2D eigenvalue weighted by atomic mass is 9.94. The Labute approximate surface area is 168 Å². The zero-order valence-corrected chi connectivity index (χ0v) is 17.5. The molecule has 7 nitrogen and oxygen atoms in total. The highest BCUT2D eigenvalue weighted by atomic mass is 32.2. The molecule has 150 valence electrons. The SMILES string of the molecule is CCS(=O)(=O)c1cnc(NC(=O)Nc2ccc(C)cc2C(=O)C2CCCC2)s1. The van der Waals surface area contributed by atoms with Crippen molar-refractivity contribution in [3.63, 3.8) is 0 Å². The van der Waals surface area contributed by atoms with E-state index in [-0.39, 0.29) is 26.8 Å². The second kappa shape index (κ2) is 8.40. The zero-order chi connectivity index (χ0) is 20.3. The van der Waals surface area contributed by atoms with Gasteiger partial charge in [0.1, 0.15) is 4.21 Å². The van der Waals surface area contributed by atoms with Crippen molar-refractivity contribution in [2.45, 2.75) is 43.7 Å². The Bertz CT molecular complexity index is 992. The number of nitrogens with one attached hydrogen (secondary N) is 2. The van der Waals surface area contributed by atoms with Crippen LogP contribution in [0, 0.1) is 12.8 Å². The quantitative estimate of drug-likeness (QED) is 0.678. The minimum Gasteiger partial charge on any atom is -0.307 e. The van der Waals surface area contributed by atoms with Gasteiger partial charge in [-0.1, -0.05) is 42.7 Å². The van der Waals surface area contributed by atoms with Gasteiger partial charge in [0.25, 0.3) is 0 Å². The third kappa shape index (κ3) is 4.59. The summed E-state index contributed by atoms with van der Waals surface area (Å²) in [6, 6.07) is 4.77. The fourth-order valence-corrected chi connectivity index (χ4v) is 5.37. The van der Waals surface area contributed by atoms with Crippen LogP contribution in [0.5, 0.6) is 0 Å². The minimum atomic E-state index is -3.36. The van der Waals surface area contributed by atoms with E-state index in [1.165, 1.54) is 6.20 Å². The number of benzene rings is 1. The number of Topliss-reactive ketones (excluding diaryl/α,β-unsaturated/α-hetero) is 1. The predicted octanol–water partition coefficient (Wildman–Crippen LogP) is 4.26. The molecule has 28 heavy (non-hydrogen) atoms. The Morgan fingerprint density at radius 3 is 2.61 bits per heavy atom. The predicted molar refractivity (Wildman–Crippen MR) is 110 cm³/mol. The lowest BCUT2D eigenvalue weighted by molar-refractivity contribution is 0.0923. The summed E-state index contributed by atoms with van der Waals surface area (Å²) >= 11 is 0.899. The molecule has 1 fully saturated rings. The van der Waals surface area contributed by atoms with Gasteiger partial charge in [0.05, 0.1) is 17.6 Å². The molecule has 1 heterocycles. The van der Waals surface area contributed by atoms with Gasteiger partial charge in [0, 0.05) is 11.5 Å². The summed E-state index contributed by atoms with van der Waals surface area (Å²) in [5.41, 5.74) is 1.90. The number of thiazole rings is 1. The molecule has 1 saturated carbocycles. The van der Waals surface area contributed by atoms with E-state index in [9.17, 15) is 18.0 Å². The Hall–Kier alpha value is -2.26. The first-order chi connectivity index (χ1) is 13.3. The number of ketones is 1. The van der Waals surface area contributed by atoms with Crippen LogP contribution in [-0.4, -0.2) is 31.0 Å². The normalized spacial score (nSPS) is 14.8. The van der Waals surface area contributed by atoms with Crippen molar-refractivity contribution in [3.8, 4) is 0 Å². The first kappa shape index (κ1) is 20.5. The van der Waals surface area contributed by atoms with E-state index in [0.717, 1.165) is 42.6 Å². The highest BCUT2D eigenvalue weighted by Crippen LogP contribution is 2.31. The first-order valence-electron chi connectivity index (χ1n) is 9.21. The van der Waals surface area contributed by atoms with Crippen LogP contribution in [0.2, 0.25) is 0 Å². The average Bonchev–Trinajstić information content (AvgIpc) is 3.35. The van der Waals surface area contributed by atoms with Crippen molar-refractivity contribution < 1.29 is 18.0 Å². The number of carbonyl (C=O) groups excluding carboxylic acids is 2. The third-order valence-electron chi connectivity index (χ3n) is 4.81. The van der Waals surface area contributed by atoms with Crippen LogP contribution in [0.4, 0.5) is 15.6 Å². The molecular weight excluding hydrogens is 398 g/mol. The van der Waals surface area contributed by atoms with Crippen LogP contribution in [0.25, 0.3) is 0 Å². The number of amides is 2. The number of hydrogen-bond donors (Lipinski definition) is 2. The number of aromatic nitrogens is 1. The largest absolute Gasteiger partial charge is 0.325 e. The molecule has 0 spiro atoms. The molecule has 2 amide bonds. The van der Waals surface area contributed by atoms with Crippen LogP contribution in [0.3, 0.4) is 0 Å². The lowest BCUT2D eigenvalue weighted by Crippen LogP contribution is -2.22. The number of carbonyl (C=O) groups is 2. The van der Waals surface area contributed by atoms with Gasteiger partial charge < -0.3 is 5.32 Å². The van der Waals surface area contributed by atoms with Crippen LogP contribution in [0.1, 0.15) is 48.5 Å². The molecule has 1 aromatic heterocycles. The third-order valence-corrected chi connectivity index (χ3v) is 8.00. The molecular formula is C19H23N3O4S2. The number of anilines is 2. The Morgan fingerprint density at radius 1 is 1.21 bits per heavy atom. The monoisotopic (exact) mass is 421 g/mol. The molecule has 0 radical (unpaired) electrons. The summed E-state index contributed by atoms with van der Waals surface area (Å²) in [7, 11) is -3.36. The number of aryl methyl sites for hydroxylation is 1. The molecule has 0 unspecified atom stereocenters. The second-order valence-electron chi connectivity index (χ2n) is 6.86. The van der Waals surface area contributed by atoms with E-state index in [2.05, 4.69) is 15.6 Å². The van der Waals surface area contributed by atoms with Gasteiger partial charge >= 0.3 is 6.03 Å². The first-order valence-corrected chi connectivity index (χ1v) is 11.7. The maximum absolute atomic E-state index is 12.9. The number of hydrogen-bond acceptors (Lipinski definition) is 6. The molecule has 2 N–H and O–H groups in total. The van der Waals surface area contributed by atoms with Gasteiger partial charge in [-0.2, -0.15) is 0 Å². The van der Waals surface area contributed by atoms with Gasteiger partial charge in [-0.3, -0.25) is 10.1 Å². The van der Waals surface area contributed by atoms with Crippen molar-refractivity contribution in [2.75, 3.05) is 16.4 Å². The molecule has 0 aliphatic heterocycles. The second-order valence-corrected chi connectivity index (χ2v) is 10.4. The molecule has 1 aromatic carbocycles.